The Bertz CT molecular complexity index is 619. The zero-order chi connectivity index (χ0) is 15.1. The van der Waals surface area contributed by atoms with E-state index >= 15 is 0 Å². The summed E-state index contributed by atoms with van der Waals surface area (Å²) in [6.07, 6.45) is 3.80. The second kappa shape index (κ2) is 7.81. The molecule has 0 amide bonds. The minimum Gasteiger partial charge on any atom is -0.331 e. The van der Waals surface area contributed by atoms with E-state index in [0.717, 1.165) is 11.3 Å². The molecule has 0 atom stereocenters. The molecule has 5 heteroatoms. The van der Waals surface area contributed by atoms with E-state index in [1.54, 1.807) is 18.0 Å². The Morgan fingerprint density at radius 1 is 1.10 bits per heavy atom. The highest BCUT2D eigenvalue weighted by molar-refractivity contribution is 7.98. The summed E-state index contributed by atoms with van der Waals surface area (Å²) in [4.78, 5) is 1.23. The number of thiocarbonyl (C=S) groups is 1. The molecule has 0 aromatic heterocycles. The molecule has 0 bridgehead atoms. The van der Waals surface area contributed by atoms with Gasteiger partial charge in [-0.25, -0.2) is 0 Å². The highest BCUT2D eigenvalue weighted by atomic mass is 32.2. The van der Waals surface area contributed by atoms with Crippen molar-refractivity contribution in [3.8, 4) is 0 Å². The Labute approximate surface area is 134 Å². The summed E-state index contributed by atoms with van der Waals surface area (Å²) < 4.78 is 0. The zero-order valence-electron chi connectivity index (χ0n) is 12.0. The van der Waals surface area contributed by atoms with Crippen molar-refractivity contribution in [3.63, 3.8) is 0 Å². The maximum atomic E-state index is 5.18. The monoisotopic (exact) mass is 315 g/mol. The molecule has 2 aromatic carbocycles. The lowest BCUT2D eigenvalue weighted by molar-refractivity contribution is 1.05. The highest BCUT2D eigenvalue weighted by Gasteiger charge is 1.95. The molecule has 0 aliphatic carbocycles. The third kappa shape index (κ3) is 5.21. The number of nitrogens with zero attached hydrogens (tertiary/aromatic N) is 1. The number of aryl methyl sites for hydroxylation is 1. The molecule has 2 aromatic rings. The average Bonchev–Trinajstić information content (AvgIpc) is 2.50. The van der Waals surface area contributed by atoms with Crippen LogP contribution in [0.5, 0.6) is 0 Å². The Kier molecular flexibility index (Phi) is 5.78. The summed E-state index contributed by atoms with van der Waals surface area (Å²) in [5.41, 5.74) is 5.99. The zero-order valence-corrected chi connectivity index (χ0v) is 13.6. The molecule has 21 heavy (non-hydrogen) atoms. The van der Waals surface area contributed by atoms with Crippen LogP contribution < -0.4 is 10.7 Å². The number of nitrogens with one attached hydrogen (secondary N) is 2. The first-order valence-electron chi connectivity index (χ1n) is 6.48. The molecule has 108 valence electrons. The number of rotatable bonds is 4. The first kappa shape index (κ1) is 15.5. The van der Waals surface area contributed by atoms with Gasteiger partial charge >= 0.3 is 0 Å². The molecule has 0 unspecified atom stereocenters. The summed E-state index contributed by atoms with van der Waals surface area (Å²) in [5, 5.41) is 7.67. The Hall–Kier alpha value is -1.85. The third-order valence-corrected chi connectivity index (χ3v) is 3.74. The predicted octanol–water partition coefficient (Wildman–Crippen LogP) is 4.04. The molecule has 0 aliphatic heterocycles. The minimum atomic E-state index is 0.468. The van der Waals surface area contributed by atoms with Crippen LogP contribution in [0.25, 0.3) is 0 Å². The van der Waals surface area contributed by atoms with Gasteiger partial charge in [-0.05, 0) is 55.2 Å². The van der Waals surface area contributed by atoms with E-state index in [2.05, 4.69) is 34.2 Å². The smallest absolute Gasteiger partial charge is 0.191 e. The molecular weight excluding hydrogens is 298 g/mol. The predicted molar refractivity (Wildman–Crippen MR) is 96.4 cm³/mol. The van der Waals surface area contributed by atoms with Crippen molar-refractivity contribution in [1.82, 2.24) is 5.43 Å². The first-order valence-corrected chi connectivity index (χ1v) is 8.11. The van der Waals surface area contributed by atoms with Crippen molar-refractivity contribution in [2.45, 2.75) is 11.8 Å². The van der Waals surface area contributed by atoms with E-state index < -0.39 is 0 Å². The fourth-order valence-corrected chi connectivity index (χ4v) is 2.23. The largest absolute Gasteiger partial charge is 0.331 e. The van der Waals surface area contributed by atoms with Gasteiger partial charge in [0.2, 0.25) is 0 Å². The third-order valence-electron chi connectivity index (χ3n) is 2.80. The van der Waals surface area contributed by atoms with Crippen molar-refractivity contribution in [2.75, 3.05) is 11.6 Å². The van der Waals surface area contributed by atoms with Gasteiger partial charge in [0.15, 0.2) is 5.11 Å². The van der Waals surface area contributed by atoms with Crippen LogP contribution in [0.4, 0.5) is 5.69 Å². The van der Waals surface area contributed by atoms with Crippen LogP contribution in [0, 0.1) is 6.92 Å². The lowest BCUT2D eigenvalue weighted by Gasteiger charge is -2.06. The SMILES string of the molecule is CSc1ccc(C=NNC(=S)Nc2ccc(C)cc2)cc1. The summed E-state index contributed by atoms with van der Waals surface area (Å²) in [7, 11) is 0. The van der Waals surface area contributed by atoms with Gasteiger partial charge in [0.25, 0.3) is 0 Å². The molecule has 2 rings (SSSR count). The maximum Gasteiger partial charge on any atom is 0.191 e. The van der Waals surface area contributed by atoms with Gasteiger partial charge in [-0.1, -0.05) is 29.8 Å². The van der Waals surface area contributed by atoms with E-state index in [1.165, 1.54) is 10.5 Å². The van der Waals surface area contributed by atoms with Crippen molar-refractivity contribution in [2.24, 2.45) is 5.10 Å². The highest BCUT2D eigenvalue weighted by Crippen LogP contribution is 2.13. The molecule has 0 radical (unpaired) electrons. The van der Waals surface area contributed by atoms with Crippen molar-refractivity contribution in [1.29, 1.82) is 0 Å². The Morgan fingerprint density at radius 2 is 1.76 bits per heavy atom. The van der Waals surface area contributed by atoms with Gasteiger partial charge in [-0.15, -0.1) is 11.8 Å². The van der Waals surface area contributed by atoms with Gasteiger partial charge in [-0.2, -0.15) is 5.10 Å². The van der Waals surface area contributed by atoms with Gasteiger partial charge in [-0.3, -0.25) is 5.43 Å². The number of hydrogen-bond donors (Lipinski definition) is 2. The molecule has 0 heterocycles. The van der Waals surface area contributed by atoms with Crippen LogP contribution in [0.2, 0.25) is 0 Å². The second-order valence-electron chi connectivity index (χ2n) is 4.46. The van der Waals surface area contributed by atoms with Crippen LogP contribution in [-0.2, 0) is 0 Å². The van der Waals surface area contributed by atoms with E-state index in [0.29, 0.717) is 5.11 Å². The lowest BCUT2D eigenvalue weighted by Crippen LogP contribution is -2.23. The fraction of sp³-hybridized carbons (Fsp3) is 0.125. The molecular formula is C16H17N3S2. The Balaban J connectivity index is 1.85. The van der Waals surface area contributed by atoms with Crippen molar-refractivity contribution < 1.29 is 0 Å². The number of benzene rings is 2. The van der Waals surface area contributed by atoms with Crippen LogP contribution in [0.3, 0.4) is 0 Å². The molecule has 0 aliphatic rings. The normalized spacial score (nSPS) is 10.6. The van der Waals surface area contributed by atoms with E-state index in [9.17, 15) is 0 Å². The molecule has 0 fully saturated rings. The van der Waals surface area contributed by atoms with Gasteiger partial charge in [0.1, 0.15) is 0 Å². The fourth-order valence-electron chi connectivity index (χ4n) is 1.65. The summed E-state index contributed by atoms with van der Waals surface area (Å²) in [5.74, 6) is 0. The van der Waals surface area contributed by atoms with Crippen LogP contribution in [-0.4, -0.2) is 17.6 Å². The number of thioether (sulfide) groups is 1. The molecule has 0 saturated carbocycles. The second-order valence-corrected chi connectivity index (χ2v) is 5.75. The number of hydrazone groups is 1. The van der Waals surface area contributed by atoms with E-state index in [-0.39, 0.29) is 0 Å². The van der Waals surface area contributed by atoms with Gasteiger partial charge < -0.3 is 5.32 Å². The van der Waals surface area contributed by atoms with Crippen molar-refractivity contribution in [3.05, 3.63) is 59.7 Å². The van der Waals surface area contributed by atoms with Gasteiger partial charge in [0, 0.05) is 10.6 Å². The molecule has 0 spiro atoms. The molecule has 0 saturated heterocycles. The maximum absolute atomic E-state index is 5.18. The summed E-state index contributed by atoms with van der Waals surface area (Å²) in [6.45, 7) is 2.05. The van der Waals surface area contributed by atoms with Crippen LogP contribution in [0.15, 0.2) is 58.5 Å². The topological polar surface area (TPSA) is 36.4 Å². The number of anilines is 1. The van der Waals surface area contributed by atoms with Gasteiger partial charge in [0.05, 0.1) is 6.21 Å². The Morgan fingerprint density at radius 3 is 2.38 bits per heavy atom. The molecule has 2 N–H and O–H groups in total. The van der Waals surface area contributed by atoms with Crippen LogP contribution >= 0.6 is 24.0 Å². The minimum absolute atomic E-state index is 0.468. The average molecular weight is 315 g/mol. The standard InChI is InChI=1S/C16H17N3S2/c1-12-3-7-14(8-4-12)18-16(20)19-17-11-13-5-9-15(21-2)10-6-13/h3-11H,1-2H3,(H2,18,19,20). The quantitative estimate of drug-likeness (QED) is 0.386. The summed E-state index contributed by atoms with van der Waals surface area (Å²) >= 11 is 6.90. The van der Waals surface area contributed by atoms with E-state index in [1.807, 2.05) is 43.3 Å². The van der Waals surface area contributed by atoms with E-state index in [4.69, 9.17) is 12.2 Å². The number of hydrogen-bond acceptors (Lipinski definition) is 3. The van der Waals surface area contributed by atoms with Crippen molar-refractivity contribution >= 4 is 41.0 Å². The molecule has 3 nitrogen and oxygen atoms in total. The summed E-state index contributed by atoms with van der Waals surface area (Å²) in [6, 6.07) is 16.2. The lowest BCUT2D eigenvalue weighted by atomic mass is 10.2. The first-order chi connectivity index (χ1) is 10.2. The van der Waals surface area contributed by atoms with Crippen LogP contribution in [0.1, 0.15) is 11.1 Å².